The number of hydrogen-bond acceptors (Lipinski definition) is 4. The molecule has 0 spiro atoms. The number of aromatic hydroxyl groups is 4. The van der Waals surface area contributed by atoms with Crippen molar-refractivity contribution in [3.05, 3.63) is 89.7 Å². The summed E-state index contributed by atoms with van der Waals surface area (Å²) < 4.78 is 2.10. The summed E-state index contributed by atoms with van der Waals surface area (Å²) >= 11 is 13.6. The average Bonchev–Trinajstić information content (AvgIpc) is 2.81. The van der Waals surface area contributed by atoms with Crippen molar-refractivity contribution < 1.29 is 20.4 Å². The Morgan fingerprint density at radius 2 is 0.886 bits per heavy atom. The smallest absolute Gasteiger partial charge is 0.137 e. The summed E-state index contributed by atoms with van der Waals surface area (Å²) in [4.78, 5) is 0. The molecule has 0 saturated heterocycles. The minimum atomic E-state index is -0.699. The van der Waals surface area contributed by atoms with Gasteiger partial charge in [-0.2, -0.15) is 0 Å². The highest BCUT2D eigenvalue weighted by Crippen LogP contribution is 2.50. The van der Waals surface area contributed by atoms with Crippen molar-refractivity contribution in [2.45, 2.75) is 19.3 Å². The maximum Gasteiger partial charge on any atom is 0.137 e. The predicted molar refractivity (Wildman–Crippen MR) is 153 cm³/mol. The Bertz CT molecular complexity index is 1360. The van der Waals surface area contributed by atoms with Crippen molar-refractivity contribution in [2.24, 2.45) is 0 Å². The van der Waals surface area contributed by atoms with Crippen molar-refractivity contribution in [2.75, 3.05) is 0 Å². The fourth-order valence-corrected chi connectivity index (χ4v) is 5.65. The fourth-order valence-electron chi connectivity index (χ4n) is 4.23. The molecule has 35 heavy (non-hydrogen) atoms. The van der Waals surface area contributed by atoms with Crippen LogP contribution in [0.2, 0.25) is 0 Å². The first-order valence-corrected chi connectivity index (χ1v) is 13.6. The van der Waals surface area contributed by atoms with Crippen LogP contribution in [0.4, 0.5) is 0 Å². The maximum atomic E-state index is 11.1. The Hall–Kier alpha value is -2.00. The number of hydrogen-bond donors (Lipinski definition) is 4. The van der Waals surface area contributed by atoms with E-state index in [1.807, 2.05) is 26.0 Å². The van der Waals surface area contributed by atoms with Crippen LogP contribution in [0.1, 0.15) is 25.0 Å². The molecule has 0 bridgehead atoms. The molecule has 0 aromatic heterocycles. The standard InChI is InChI=1S/C27H20Br4O4/c1-27(2,15-5-7-17(28)25(34)23(15)13-3-9-21(32)19(30)11-13)16-6-8-18(29)26(35)24(16)14-4-10-22(33)20(31)12-14/h3-12,32-35H,1-2H3. The molecule has 0 atom stereocenters. The Balaban J connectivity index is 2.03. The topological polar surface area (TPSA) is 80.9 Å². The van der Waals surface area contributed by atoms with Gasteiger partial charge in [-0.3, -0.25) is 0 Å². The summed E-state index contributed by atoms with van der Waals surface area (Å²) in [7, 11) is 0. The molecule has 0 aliphatic carbocycles. The fraction of sp³-hybridized carbons (Fsp3) is 0.111. The van der Waals surface area contributed by atoms with Crippen LogP contribution in [0.3, 0.4) is 0 Å². The quantitative estimate of drug-likeness (QED) is 0.169. The second-order valence-corrected chi connectivity index (χ2v) is 12.0. The van der Waals surface area contributed by atoms with Crippen molar-refractivity contribution in [1.29, 1.82) is 0 Å². The van der Waals surface area contributed by atoms with E-state index >= 15 is 0 Å². The molecule has 0 heterocycles. The van der Waals surface area contributed by atoms with Crippen molar-refractivity contribution in [3.8, 4) is 45.3 Å². The SMILES string of the molecule is CC(C)(c1ccc(Br)c(O)c1-c1ccc(O)c(Br)c1)c1ccc(Br)c(O)c1-c1ccc(O)c(Br)c1. The van der Waals surface area contributed by atoms with Crippen molar-refractivity contribution in [3.63, 3.8) is 0 Å². The molecule has 0 fully saturated rings. The second-order valence-electron chi connectivity index (χ2n) is 8.59. The predicted octanol–water partition coefficient (Wildman–Crippen LogP) is 9.22. The molecule has 0 saturated carbocycles. The Labute approximate surface area is 236 Å². The molecule has 0 radical (unpaired) electrons. The number of halogens is 4. The molecular weight excluding hydrogens is 708 g/mol. The third kappa shape index (κ3) is 4.73. The van der Waals surface area contributed by atoms with Gasteiger partial charge in [-0.1, -0.05) is 38.1 Å². The first-order valence-electron chi connectivity index (χ1n) is 10.4. The summed E-state index contributed by atoms with van der Waals surface area (Å²) in [5, 5.41) is 42.3. The summed E-state index contributed by atoms with van der Waals surface area (Å²) in [6, 6.07) is 17.6. The lowest BCUT2D eigenvalue weighted by molar-refractivity contribution is 0.467. The van der Waals surface area contributed by atoms with Gasteiger partial charge in [0.1, 0.15) is 23.0 Å². The molecule has 4 aromatic carbocycles. The van der Waals surface area contributed by atoms with Gasteiger partial charge in [-0.05, 0) is 122 Å². The lowest BCUT2D eigenvalue weighted by Crippen LogP contribution is -2.21. The Kier molecular flexibility index (Phi) is 7.31. The van der Waals surface area contributed by atoms with Crippen molar-refractivity contribution in [1.82, 2.24) is 0 Å². The van der Waals surface area contributed by atoms with Gasteiger partial charge < -0.3 is 20.4 Å². The van der Waals surface area contributed by atoms with Gasteiger partial charge in [0.15, 0.2) is 0 Å². The average molecular weight is 728 g/mol. The maximum absolute atomic E-state index is 11.1. The van der Waals surface area contributed by atoms with Crippen molar-refractivity contribution >= 4 is 63.7 Å². The number of benzene rings is 4. The summed E-state index contributed by atoms with van der Waals surface area (Å²) in [6.45, 7) is 4.05. The van der Waals surface area contributed by atoms with Gasteiger partial charge in [0.25, 0.3) is 0 Å². The third-order valence-corrected chi connectivity index (χ3v) is 8.63. The van der Waals surface area contributed by atoms with E-state index in [1.165, 1.54) is 0 Å². The van der Waals surface area contributed by atoms with Crippen LogP contribution >= 0.6 is 63.7 Å². The molecule has 0 amide bonds. The second kappa shape index (κ2) is 9.81. The van der Waals surface area contributed by atoms with Crippen LogP contribution in [0, 0.1) is 0 Å². The van der Waals surface area contributed by atoms with Gasteiger partial charge in [0, 0.05) is 16.5 Å². The van der Waals surface area contributed by atoms with Gasteiger partial charge in [0.05, 0.1) is 17.9 Å². The summed E-state index contributed by atoms with van der Waals surface area (Å²) in [5.41, 5.74) is 3.57. The summed E-state index contributed by atoms with van der Waals surface area (Å²) in [5.74, 6) is 0.344. The van der Waals surface area contributed by atoms with Crippen LogP contribution in [0.15, 0.2) is 78.6 Å². The van der Waals surface area contributed by atoms with E-state index in [2.05, 4.69) is 63.7 Å². The molecule has 4 aromatic rings. The van der Waals surface area contributed by atoms with E-state index in [9.17, 15) is 20.4 Å². The van der Waals surface area contributed by atoms with E-state index < -0.39 is 5.41 Å². The van der Waals surface area contributed by atoms with Gasteiger partial charge in [-0.15, -0.1) is 0 Å². The highest BCUT2D eigenvalue weighted by molar-refractivity contribution is 9.11. The molecule has 180 valence electrons. The largest absolute Gasteiger partial charge is 0.507 e. The van der Waals surface area contributed by atoms with E-state index in [0.717, 1.165) is 11.1 Å². The number of phenols is 4. The van der Waals surface area contributed by atoms with Crippen LogP contribution < -0.4 is 0 Å². The monoisotopic (exact) mass is 724 g/mol. The lowest BCUT2D eigenvalue weighted by Gasteiger charge is -2.32. The summed E-state index contributed by atoms with van der Waals surface area (Å²) in [6.07, 6.45) is 0. The van der Waals surface area contributed by atoms with Gasteiger partial charge >= 0.3 is 0 Å². The Morgan fingerprint density at radius 1 is 0.514 bits per heavy atom. The van der Waals surface area contributed by atoms with E-state index in [0.29, 0.717) is 40.1 Å². The number of rotatable bonds is 4. The van der Waals surface area contributed by atoms with Crippen LogP contribution in [-0.2, 0) is 5.41 Å². The normalized spacial score (nSPS) is 11.6. The lowest BCUT2D eigenvalue weighted by atomic mass is 9.72. The number of phenolic OH excluding ortho intramolecular Hbond substituents is 4. The molecule has 4 nitrogen and oxygen atoms in total. The van der Waals surface area contributed by atoms with E-state index in [-0.39, 0.29) is 23.0 Å². The zero-order valence-corrected chi connectivity index (χ0v) is 24.9. The first kappa shape index (κ1) is 26.1. The third-order valence-electron chi connectivity index (χ3n) is 6.08. The van der Waals surface area contributed by atoms with Crippen LogP contribution in [0.25, 0.3) is 22.3 Å². The molecule has 0 unspecified atom stereocenters. The van der Waals surface area contributed by atoms with Gasteiger partial charge in [-0.25, -0.2) is 0 Å². The minimum absolute atomic E-state index is 0.0726. The molecular formula is C27H20Br4O4. The molecule has 4 N–H and O–H groups in total. The van der Waals surface area contributed by atoms with E-state index in [4.69, 9.17) is 0 Å². The molecule has 8 heteroatoms. The van der Waals surface area contributed by atoms with Crippen LogP contribution in [-0.4, -0.2) is 20.4 Å². The van der Waals surface area contributed by atoms with Gasteiger partial charge in [0.2, 0.25) is 0 Å². The molecule has 4 rings (SSSR count). The zero-order chi connectivity index (χ0) is 25.7. The highest BCUT2D eigenvalue weighted by atomic mass is 79.9. The van der Waals surface area contributed by atoms with E-state index in [1.54, 1.807) is 48.5 Å². The minimum Gasteiger partial charge on any atom is -0.507 e. The first-order chi connectivity index (χ1) is 16.4. The Morgan fingerprint density at radius 3 is 1.23 bits per heavy atom. The zero-order valence-electron chi connectivity index (χ0n) is 18.6. The molecule has 0 aliphatic heterocycles. The highest BCUT2D eigenvalue weighted by Gasteiger charge is 2.33. The molecule has 0 aliphatic rings. The van der Waals surface area contributed by atoms with Crippen LogP contribution in [0.5, 0.6) is 23.0 Å².